The van der Waals surface area contributed by atoms with Crippen molar-refractivity contribution in [3.8, 4) is 5.95 Å². The molecule has 6 N–H and O–H groups in total. The van der Waals surface area contributed by atoms with Gasteiger partial charge in [0.15, 0.2) is 0 Å². The molecule has 86 valence electrons. The summed E-state index contributed by atoms with van der Waals surface area (Å²) in [5, 5.41) is 16.5. The fourth-order valence-corrected chi connectivity index (χ4v) is 0.731. The van der Waals surface area contributed by atoms with Crippen molar-refractivity contribution >= 4 is 5.97 Å². The lowest BCUT2D eigenvalue weighted by Crippen LogP contribution is -2.30. The maximum absolute atomic E-state index is 10.0. The molecule has 0 amide bonds. The fraction of sp³-hybridized carbons (Fsp3) is 0.444. The van der Waals surface area contributed by atoms with Gasteiger partial charge in [-0.25, -0.2) is 0 Å². The normalized spacial score (nSPS) is 11.3. The van der Waals surface area contributed by atoms with Crippen molar-refractivity contribution < 1.29 is 19.4 Å². The van der Waals surface area contributed by atoms with Crippen LogP contribution in [-0.4, -0.2) is 28.8 Å². The third kappa shape index (κ3) is 7.53. The summed E-state index contributed by atoms with van der Waals surface area (Å²) in [6.45, 7) is 0.501. The van der Waals surface area contributed by atoms with Gasteiger partial charge in [0.2, 0.25) is 0 Å². The van der Waals surface area contributed by atoms with E-state index in [1.165, 1.54) is 12.3 Å². The van der Waals surface area contributed by atoms with Crippen molar-refractivity contribution in [2.24, 2.45) is 11.5 Å². The molecule has 0 saturated heterocycles. The minimum absolute atomic E-state index is 0.0324. The summed E-state index contributed by atoms with van der Waals surface area (Å²) in [4.78, 5) is 10.0. The molecular weight excluding hydrogens is 200 g/mol. The smallest absolute Gasteiger partial charge is 0.320 e. The molecule has 0 unspecified atom stereocenters. The average molecular weight is 216 g/mol. The lowest BCUT2D eigenvalue weighted by Gasteiger charge is -2.02. The topological polar surface area (TPSA) is 123 Å². The van der Waals surface area contributed by atoms with Crippen molar-refractivity contribution in [2.75, 3.05) is 6.54 Å². The molecule has 0 saturated carbocycles. The van der Waals surface area contributed by atoms with Crippen LogP contribution in [-0.2, 0) is 4.79 Å². The first-order valence-electron chi connectivity index (χ1n) is 4.49. The van der Waals surface area contributed by atoms with E-state index in [1.54, 1.807) is 6.07 Å². The van der Waals surface area contributed by atoms with Gasteiger partial charge in [0.05, 0.1) is 6.26 Å². The third-order valence-corrected chi connectivity index (χ3v) is 1.54. The number of hydrogen-bond acceptors (Lipinski definition) is 5. The van der Waals surface area contributed by atoms with Crippen molar-refractivity contribution in [2.45, 2.75) is 18.9 Å². The number of carboxylic acids is 1. The minimum atomic E-state index is -0.955. The van der Waals surface area contributed by atoms with E-state index >= 15 is 0 Å². The zero-order valence-corrected chi connectivity index (χ0v) is 8.30. The van der Waals surface area contributed by atoms with E-state index in [9.17, 15) is 4.79 Å². The van der Waals surface area contributed by atoms with Gasteiger partial charge < -0.3 is 26.1 Å². The van der Waals surface area contributed by atoms with Crippen LogP contribution in [0, 0.1) is 0 Å². The fourth-order valence-electron chi connectivity index (χ4n) is 0.731. The molecule has 1 aromatic heterocycles. The lowest BCUT2D eigenvalue weighted by molar-refractivity contribution is -0.138. The van der Waals surface area contributed by atoms with Gasteiger partial charge in [-0.2, -0.15) is 0 Å². The second kappa shape index (κ2) is 7.84. The Kier molecular flexibility index (Phi) is 7.04. The average Bonchev–Trinajstić information content (AvgIpc) is 2.66. The summed E-state index contributed by atoms with van der Waals surface area (Å²) in [5.74, 6) is -0.988. The Morgan fingerprint density at radius 1 is 1.60 bits per heavy atom. The summed E-state index contributed by atoms with van der Waals surface area (Å²) in [7, 11) is 0. The molecule has 6 heteroatoms. The van der Waals surface area contributed by atoms with E-state index in [4.69, 9.17) is 21.7 Å². The number of aliphatic carboxylic acids is 1. The Balaban J connectivity index is 0.000000280. The maximum Gasteiger partial charge on any atom is 0.320 e. The molecule has 0 aromatic carbocycles. The molecule has 0 spiro atoms. The number of nitrogens with two attached hydrogens (primary N) is 2. The summed E-state index contributed by atoms with van der Waals surface area (Å²) in [6, 6.07) is 2.35. The van der Waals surface area contributed by atoms with Crippen molar-refractivity contribution in [3.63, 3.8) is 0 Å². The molecule has 1 aromatic rings. The second-order valence-corrected chi connectivity index (χ2v) is 2.83. The van der Waals surface area contributed by atoms with Gasteiger partial charge in [-0.05, 0) is 25.5 Å². The summed E-state index contributed by atoms with van der Waals surface area (Å²) < 4.78 is 4.39. The highest BCUT2D eigenvalue weighted by Gasteiger charge is 2.08. The van der Waals surface area contributed by atoms with Crippen LogP contribution in [0.4, 0.5) is 0 Å². The third-order valence-electron chi connectivity index (χ3n) is 1.54. The van der Waals surface area contributed by atoms with Crippen molar-refractivity contribution in [1.82, 2.24) is 0 Å². The van der Waals surface area contributed by atoms with Crippen LogP contribution in [0.2, 0.25) is 0 Å². The molecule has 0 radical (unpaired) electrons. The standard InChI is InChI=1S/C5H12N2O2.C4H4O2/c6-3-1-2-4(7)5(8)9;5-4-2-1-3-6-4/h4H,1-3,6-7H2,(H,8,9);1-3,5H/t4-;/m0./s1. The molecule has 0 aliphatic rings. The van der Waals surface area contributed by atoms with Crippen LogP contribution in [0.25, 0.3) is 0 Å². The van der Waals surface area contributed by atoms with Crippen LogP contribution in [0.15, 0.2) is 22.8 Å². The molecule has 0 bridgehead atoms. The number of carbonyl (C=O) groups is 1. The van der Waals surface area contributed by atoms with Gasteiger partial charge in [0.25, 0.3) is 5.95 Å². The highest BCUT2D eigenvalue weighted by molar-refractivity contribution is 5.72. The van der Waals surface area contributed by atoms with E-state index in [0.717, 1.165) is 0 Å². The first kappa shape index (κ1) is 13.5. The van der Waals surface area contributed by atoms with Gasteiger partial charge in [-0.15, -0.1) is 0 Å². The molecule has 0 aliphatic carbocycles. The number of rotatable bonds is 4. The number of carboxylic acid groups (broad SMARTS) is 1. The van der Waals surface area contributed by atoms with Crippen LogP contribution in [0.1, 0.15) is 12.8 Å². The van der Waals surface area contributed by atoms with E-state index in [-0.39, 0.29) is 5.95 Å². The Labute approximate surface area is 87.5 Å². The highest BCUT2D eigenvalue weighted by Crippen LogP contribution is 2.04. The molecule has 1 rings (SSSR count). The molecule has 0 fully saturated rings. The second-order valence-electron chi connectivity index (χ2n) is 2.83. The van der Waals surface area contributed by atoms with Crippen molar-refractivity contribution in [1.29, 1.82) is 0 Å². The van der Waals surface area contributed by atoms with E-state index < -0.39 is 12.0 Å². The Bertz CT molecular complexity index is 261. The quantitative estimate of drug-likeness (QED) is 0.567. The summed E-state index contributed by atoms with van der Waals surface area (Å²) in [5.41, 5.74) is 10.3. The summed E-state index contributed by atoms with van der Waals surface area (Å²) >= 11 is 0. The lowest BCUT2D eigenvalue weighted by atomic mass is 10.2. The summed E-state index contributed by atoms with van der Waals surface area (Å²) in [6.07, 6.45) is 2.55. The minimum Gasteiger partial charge on any atom is -0.481 e. The first-order chi connectivity index (χ1) is 7.07. The Morgan fingerprint density at radius 3 is 2.53 bits per heavy atom. The number of hydrogen-bond donors (Lipinski definition) is 4. The molecule has 1 atom stereocenters. The van der Waals surface area contributed by atoms with Gasteiger partial charge in [-0.3, -0.25) is 4.79 Å². The molecule has 6 nitrogen and oxygen atoms in total. The van der Waals surface area contributed by atoms with Gasteiger partial charge in [-0.1, -0.05) is 0 Å². The molecular formula is C9H16N2O4. The van der Waals surface area contributed by atoms with Gasteiger partial charge >= 0.3 is 5.97 Å². The first-order valence-corrected chi connectivity index (χ1v) is 4.49. The molecule has 15 heavy (non-hydrogen) atoms. The number of aromatic hydroxyl groups is 1. The van der Waals surface area contributed by atoms with Crippen LogP contribution in [0.3, 0.4) is 0 Å². The zero-order valence-electron chi connectivity index (χ0n) is 8.30. The molecule has 0 aliphatic heterocycles. The predicted molar refractivity (Wildman–Crippen MR) is 54.3 cm³/mol. The van der Waals surface area contributed by atoms with Crippen LogP contribution >= 0.6 is 0 Å². The van der Waals surface area contributed by atoms with E-state index in [1.807, 2.05) is 0 Å². The van der Waals surface area contributed by atoms with Gasteiger partial charge in [0.1, 0.15) is 6.04 Å². The Hall–Kier alpha value is -1.53. The largest absolute Gasteiger partial charge is 0.481 e. The number of furan rings is 1. The maximum atomic E-state index is 10.0. The Morgan fingerprint density at radius 2 is 2.27 bits per heavy atom. The van der Waals surface area contributed by atoms with Crippen LogP contribution < -0.4 is 11.5 Å². The monoisotopic (exact) mass is 216 g/mol. The predicted octanol–water partition coefficient (Wildman–Crippen LogP) is 0.122. The highest BCUT2D eigenvalue weighted by atomic mass is 16.5. The SMILES string of the molecule is NCCC[C@H](N)C(=O)O.Oc1ccco1. The van der Waals surface area contributed by atoms with E-state index in [0.29, 0.717) is 19.4 Å². The van der Waals surface area contributed by atoms with E-state index in [2.05, 4.69) is 4.42 Å². The molecule has 1 heterocycles. The van der Waals surface area contributed by atoms with Gasteiger partial charge in [0, 0.05) is 6.07 Å². The van der Waals surface area contributed by atoms with Crippen LogP contribution in [0.5, 0.6) is 5.95 Å². The zero-order chi connectivity index (χ0) is 11.7. The van der Waals surface area contributed by atoms with Crippen molar-refractivity contribution in [3.05, 3.63) is 18.4 Å².